The number of anilines is 2. The van der Waals surface area contributed by atoms with Crippen molar-refractivity contribution in [1.82, 2.24) is 15.3 Å². The Balaban J connectivity index is 1.43. The number of nitrogens with one attached hydrogen (secondary N) is 2. The molecule has 1 aliphatic heterocycles. The minimum absolute atomic E-state index is 0.625. The van der Waals surface area contributed by atoms with Crippen molar-refractivity contribution in [2.24, 2.45) is 0 Å². The minimum Gasteiger partial charge on any atom is -0.317 e. The molecule has 4 rings (SSSR count). The fraction of sp³-hybridized carbons (Fsp3) is 0.238. The van der Waals surface area contributed by atoms with Crippen LogP contribution in [0, 0.1) is 0 Å². The number of aromatic nitrogens is 2. The van der Waals surface area contributed by atoms with Crippen LogP contribution in [0.4, 0.5) is 10.9 Å². The molecule has 26 heavy (non-hydrogen) atoms. The SMILES string of the molecule is C(=Cc1cnc(Nc2cc(C3CCNCC3)ccn2)s1)c1ccccc1. The highest BCUT2D eigenvalue weighted by atomic mass is 32.1. The van der Waals surface area contributed by atoms with Crippen molar-refractivity contribution in [3.8, 4) is 0 Å². The van der Waals surface area contributed by atoms with Gasteiger partial charge in [0.15, 0.2) is 5.13 Å². The largest absolute Gasteiger partial charge is 0.317 e. The predicted molar refractivity (Wildman–Crippen MR) is 110 cm³/mol. The van der Waals surface area contributed by atoms with E-state index in [1.165, 1.54) is 24.0 Å². The summed E-state index contributed by atoms with van der Waals surface area (Å²) in [5.41, 5.74) is 2.55. The van der Waals surface area contributed by atoms with E-state index in [1.807, 2.05) is 30.6 Å². The Hall–Kier alpha value is -2.50. The molecule has 2 aromatic heterocycles. The van der Waals surface area contributed by atoms with Crippen LogP contribution in [0.3, 0.4) is 0 Å². The highest BCUT2D eigenvalue weighted by molar-refractivity contribution is 7.16. The molecular formula is C21H22N4S. The van der Waals surface area contributed by atoms with Gasteiger partial charge in [-0.1, -0.05) is 47.7 Å². The Morgan fingerprint density at radius 1 is 1.04 bits per heavy atom. The van der Waals surface area contributed by atoms with E-state index in [4.69, 9.17) is 0 Å². The molecule has 0 aliphatic carbocycles. The second-order valence-electron chi connectivity index (χ2n) is 6.44. The van der Waals surface area contributed by atoms with Gasteiger partial charge < -0.3 is 10.6 Å². The normalized spacial score (nSPS) is 15.4. The molecule has 1 aliphatic rings. The van der Waals surface area contributed by atoms with Crippen molar-refractivity contribution in [2.45, 2.75) is 18.8 Å². The molecule has 0 atom stereocenters. The number of nitrogens with zero attached hydrogens (tertiary/aromatic N) is 2. The molecule has 4 nitrogen and oxygen atoms in total. The second-order valence-corrected chi connectivity index (χ2v) is 7.50. The van der Waals surface area contributed by atoms with Crippen molar-refractivity contribution in [1.29, 1.82) is 0 Å². The Kier molecular flexibility index (Phi) is 5.38. The lowest BCUT2D eigenvalue weighted by Crippen LogP contribution is -2.26. The summed E-state index contributed by atoms with van der Waals surface area (Å²) in [5.74, 6) is 1.49. The van der Waals surface area contributed by atoms with Gasteiger partial charge in [-0.3, -0.25) is 0 Å². The summed E-state index contributed by atoms with van der Waals surface area (Å²) in [5, 5.41) is 7.64. The standard InChI is InChI=1S/C21H22N4S/c1-2-4-16(5-3-1)6-7-19-15-24-21(26-19)25-20-14-18(10-13-23-20)17-8-11-22-12-9-17/h1-7,10,13-15,17,22H,8-9,11-12H2,(H,23,24,25). The molecule has 132 valence electrons. The van der Waals surface area contributed by atoms with E-state index in [-0.39, 0.29) is 0 Å². The van der Waals surface area contributed by atoms with E-state index in [0.29, 0.717) is 5.92 Å². The van der Waals surface area contributed by atoms with Crippen molar-refractivity contribution in [3.05, 3.63) is 70.9 Å². The molecule has 3 heterocycles. The molecule has 0 spiro atoms. The zero-order chi connectivity index (χ0) is 17.6. The summed E-state index contributed by atoms with van der Waals surface area (Å²) < 4.78 is 0. The molecule has 1 saturated heterocycles. The molecule has 0 bridgehead atoms. The summed E-state index contributed by atoms with van der Waals surface area (Å²) in [6.07, 6.45) is 10.4. The van der Waals surface area contributed by atoms with Crippen LogP contribution in [0.2, 0.25) is 0 Å². The van der Waals surface area contributed by atoms with Gasteiger partial charge >= 0.3 is 0 Å². The molecule has 1 aromatic carbocycles. The van der Waals surface area contributed by atoms with E-state index in [2.05, 4.69) is 57.0 Å². The molecule has 0 amide bonds. The molecule has 0 saturated carbocycles. The highest BCUT2D eigenvalue weighted by Crippen LogP contribution is 2.28. The summed E-state index contributed by atoms with van der Waals surface area (Å²) in [6, 6.07) is 14.6. The summed E-state index contributed by atoms with van der Waals surface area (Å²) >= 11 is 1.63. The smallest absolute Gasteiger partial charge is 0.188 e. The zero-order valence-corrected chi connectivity index (χ0v) is 15.4. The zero-order valence-electron chi connectivity index (χ0n) is 14.6. The van der Waals surface area contributed by atoms with E-state index < -0.39 is 0 Å². The van der Waals surface area contributed by atoms with Crippen LogP contribution in [0.5, 0.6) is 0 Å². The van der Waals surface area contributed by atoms with Crippen molar-refractivity contribution in [3.63, 3.8) is 0 Å². The lowest BCUT2D eigenvalue weighted by Gasteiger charge is -2.23. The predicted octanol–water partition coefficient (Wildman–Crippen LogP) is 4.92. The highest BCUT2D eigenvalue weighted by Gasteiger charge is 2.15. The number of hydrogen-bond donors (Lipinski definition) is 2. The number of piperidine rings is 1. The number of hydrogen-bond acceptors (Lipinski definition) is 5. The Bertz CT molecular complexity index is 866. The monoisotopic (exact) mass is 362 g/mol. The van der Waals surface area contributed by atoms with Crippen LogP contribution in [0.25, 0.3) is 12.2 Å². The van der Waals surface area contributed by atoms with Crippen LogP contribution in [-0.4, -0.2) is 23.1 Å². The lowest BCUT2D eigenvalue weighted by atomic mass is 9.91. The van der Waals surface area contributed by atoms with E-state index >= 15 is 0 Å². The molecule has 5 heteroatoms. The minimum atomic E-state index is 0.625. The van der Waals surface area contributed by atoms with Gasteiger partial charge in [-0.05, 0) is 61.2 Å². The first kappa shape index (κ1) is 16.9. The molecule has 1 fully saturated rings. The average molecular weight is 363 g/mol. The summed E-state index contributed by atoms with van der Waals surface area (Å²) in [6.45, 7) is 2.19. The Morgan fingerprint density at radius 2 is 1.88 bits per heavy atom. The maximum Gasteiger partial charge on any atom is 0.188 e. The van der Waals surface area contributed by atoms with E-state index in [0.717, 1.165) is 28.9 Å². The second kappa shape index (κ2) is 8.25. The van der Waals surface area contributed by atoms with Crippen LogP contribution in [0.15, 0.2) is 54.9 Å². The molecule has 0 unspecified atom stereocenters. The van der Waals surface area contributed by atoms with Gasteiger partial charge in [-0.25, -0.2) is 9.97 Å². The number of rotatable bonds is 5. The van der Waals surface area contributed by atoms with Gasteiger partial charge in [0.25, 0.3) is 0 Å². The summed E-state index contributed by atoms with van der Waals surface area (Å²) in [7, 11) is 0. The molecule has 0 radical (unpaired) electrons. The third kappa shape index (κ3) is 4.36. The number of pyridine rings is 1. The topological polar surface area (TPSA) is 49.8 Å². The summed E-state index contributed by atoms with van der Waals surface area (Å²) in [4.78, 5) is 10.0. The van der Waals surface area contributed by atoms with Crippen LogP contribution in [-0.2, 0) is 0 Å². The first-order chi connectivity index (χ1) is 12.9. The van der Waals surface area contributed by atoms with Gasteiger partial charge in [0.05, 0.1) is 0 Å². The van der Waals surface area contributed by atoms with Crippen molar-refractivity contribution in [2.75, 3.05) is 18.4 Å². The fourth-order valence-electron chi connectivity index (χ4n) is 3.20. The molecule has 3 aromatic rings. The van der Waals surface area contributed by atoms with Crippen LogP contribution in [0.1, 0.15) is 34.8 Å². The maximum absolute atomic E-state index is 4.47. The fourth-order valence-corrected chi connectivity index (χ4v) is 3.92. The number of thiazole rings is 1. The van der Waals surface area contributed by atoms with Crippen LogP contribution < -0.4 is 10.6 Å². The quantitative estimate of drug-likeness (QED) is 0.676. The van der Waals surface area contributed by atoms with Gasteiger partial charge in [-0.2, -0.15) is 0 Å². The lowest BCUT2D eigenvalue weighted by molar-refractivity contribution is 0.460. The number of benzene rings is 1. The van der Waals surface area contributed by atoms with Gasteiger partial charge in [0, 0.05) is 17.3 Å². The maximum atomic E-state index is 4.47. The molecular weight excluding hydrogens is 340 g/mol. The Morgan fingerprint density at radius 3 is 2.73 bits per heavy atom. The third-order valence-corrected chi connectivity index (χ3v) is 5.47. The van der Waals surface area contributed by atoms with E-state index in [1.54, 1.807) is 11.3 Å². The molecule has 2 N–H and O–H groups in total. The first-order valence-corrected chi connectivity index (χ1v) is 9.81. The van der Waals surface area contributed by atoms with Gasteiger partial charge in [0.2, 0.25) is 0 Å². The Labute approximate surface area is 158 Å². The average Bonchev–Trinajstić information content (AvgIpc) is 3.15. The van der Waals surface area contributed by atoms with Gasteiger partial charge in [-0.15, -0.1) is 0 Å². The van der Waals surface area contributed by atoms with Crippen molar-refractivity contribution >= 4 is 34.4 Å². The first-order valence-electron chi connectivity index (χ1n) is 8.99. The van der Waals surface area contributed by atoms with Crippen molar-refractivity contribution < 1.29 is 0 Å². The van der Waals surface area contributed by atoms with Gasteiger partial charge in [0.1, 0.15) is 5.82 Å². The third-order valence-electron chi connectivity index (χ3n) is 4.59. The van der Waals surface area contributed by atoms with Crippen LogP contribution >= 0.6 is 11.3 Å². The van der Waals surface area contributed by atoms with E-state index in [9.17, 15) is 0 Å².